The van der Waals surface area contributed by atoms with Crippen molar-refractivity contribution in [3.05, 3.63) is 5.82 Å². The van der Waals surface area contributed by atoms with Gasteiger partial charge >= 0.3 is 0 Å². The van der Waals surface area contributed by atoms with Crippen molar-refractivity contribution in [1.29, 1.82) is 0 Å². The highest BCUT2D eigenvalue weighted by molar-refractivity contribution is 7.09. The van der Waals surface area contributed by atoms with Crippen molar-refractivity contribution in [1.82, 2.24) is 14.3 Å². The molecule has 1 aliphatic rings. The molecular weight excluding hydrogens is 276 g/mol. The molecule has 0 aromatic carbocycles. The van der Waals surface area contributed by atoms with Gasteiger partial charge in [0.25, 0.3) is 0 Å². The summed E-state index contributed by atoms with van der Waals surface area (Å²) in [6.45, 7) is 9.69. The average molecular weight is 300 g/mol. The summed E-state index contributed by atoms with van der Waals surface area (Å²) in [4.78, 5) is 6.82. The minimum atomic E-state index is 0.220. The van der Waals surface area contributed by atoms with E-state index >= 15 is 0 Å². The third kappa shape index (κ3) is 4.97. The van der Waals surface area contributed by atoms with Crippen molar-refractivity contribution in [2.24, 2.45) is 5.92 Å². The fourth-order valence-electron chi connectivity index (χ4n) is 2.30. The van der Waals surface area contributed by atoms with E-state index < -0.39 is 0 Å². The van der Waals surface area contributed by atoms with Crippen LogP contribution in [0.25, 0.3) is 0 Å². The second-order valence-electron chi connectivity index (χ2n) is 5.48. The summed E-state index contributed by atoms with van der Waals surface area (Å²) in [5.41, 5.74) is 0. The molecule has 0 bridgehead atoms. The molecule has 1 aromatic heterocycles. The van der Waals surface area contributed by atoms with E-state index in [4.69, 9.17) is 9.47 Å². The van der Waals surface area contributed by atoms with Crippen LogP contribution in [0.15, 0.2) is 0 Å². The number of anilines is 1. The number of hydrogen-bond acceptors (Lipinski definition) is 7. The lowest BCUT2D eigenvalue weighted by molar-refractivity contribution is -0.0244. The van der Waals surface area contributed by atoms with Crippen molar-refractivity contribution in [2.75, 3.05) is 45.2 Å². The summed E-state index contributed by atoms with van der Waals surface area (Å²) in [6, 6.07) is 0. The predicted octanol–water partition coefficient (Wildman–Crippen LogP) is 1.45. The molecule has 0 radical (unpaired) electrons. The fraction of sp³-hybridized carbons (Fsp3) is 0.846. The molecule has 114 valence electrons. The largest absolute Gasteiger partial charge is 0.377 e. The highest BCUT2D eigenvalue weighted by Gasteiger charge is 2.21. The van der Waals surface area contributed by atoms with Gasteiger partial charge in [0.15, 0.2) is 5.82 Å². The third-order valence-electron chi connectivity index (χ3n) is 3.07. The quantitative estimate of drug-likeness (QED) is 0.822. The lowest BCUT2D eigenvalue weighted by atomic mass is 10.2. The number of nitrogens with zero attached hydrogens (tertiary/aromatic N) is 3. The topological polar surface area (TPSA) is 59.5 Å². The van der Waals surface area contributed by atoms with Gasteiger partial charge in [-0.25, -0.2) is 4.98 Å². The molecule has 7 heteroatoms. The first-order chi connectivity index (χ1) is 9.67. The van der Waals surface area contributed by atoms with Crippen LogP contribution >= 0.6 is 11.5 Å². The first kappa shape index (κ1) is 15.6. The number of aromatic nitrogens is 2. The Hall–Kier alpha value is -0.760. The summed E-state index contributed by atoms with van der Waals surface area (Å²) >= 11 is 1.37. The molecule has 1 unspecified atom stereocenters. The molecule has 1 aromatic rings. The minimum absolute atomic E-state index is 0.220. The number of rotatable bonds is 7. The minimum Gasteiger partial charge on any atom is -0.377 e. The Kier molecular flexibility index (Phi) is 6.15. The average Bonchev–Trinajstić information content (AvgIpc) is 2.84. The van der Waals surface area contributed by atoms with E-state index in [9.17, 15) is 0 Å². The lowest BCUT2D eigenvalue weighted by Gasteiger charge is -2.33. The monoisotopic (exact) mass is 300 g/mol. The molecule has 1 fully saturated rings. The van der Waals surface area contributed by atoms with E-state index in [1.165, 1.54) is 11.5 Å². The van der Waals surface area contributed by atoms with Gasteiger partial charge in [-0.1, -0.05) is 13.8 Å². The molecule has 20 heavy (non-hydrogen) atoms. The van der Waals surface area contributed by atoms with Crippen molar-refractivity contribution in [3.63, 3.8) is 0 Å². The van der Waals surface area contributed by atoms with E-state index in [0.717, 1.165) is 43.7 Å². The molecular formula is C13H24N4O2S. The summed E-state index contributed by atoms with van der Waals surface area (Å²) in [5, 5.41) is 4.14. The standard InChI is InChI=1S/C13H24N4O2S/c1-10(2)7-17-4-5-19-11(8-17)6-14-13-15-12(9-18-3)16-20-13/h10-11H,4-9H2,1-3H3,(H,14,15,16). The van der Waals surface area contributed by atoms with Gasteiger partial charge in [-0.2, -0.15) is 4.37 Å². The smallest absolute Gasteiger partial charge is 0.202 e. The predicted molar refractivity (Wildman–Crippen MR) is 80.1 cm³/mol. The second kappa shape index (κ2) is 7.87. The Morgan fingerprint density at radius 3 is 3.15 bits per heavy atom. The Bertz CT molecular complexity index is 399. The normalized spacial score (nSPS) is 20.5. The van der Waals surface area contributed by atoms with Gasteiger partial charge in [-0.05, 0) is 5.92 Å². The first-order valence-corrected chi connectivity index (χ1v) is 7.84. The molecule has 1 atom stereocenters. The molecule has 1 N–H and O–H groups in total. The zero-order valence-electron chi connectivity index (χ0n) is 12.5. The van der Waals surface area contributed by atoms with Crippen LogP contribution in [0, 0.1) is 5.92 Å². The van der Waals surface area contributed by atoms with Gasteiger partial charge in [0.2, 0.25) is 5.13 Å². The Morgan fingerprint density at radius 2 is 2.40 bits per heavy atom. The summed E-state index contributed by atoms with van der Waals surface area (Å²) in [5.74, 6) is 1.42. The molecule has 0 saturated carbocycles. The van der Waals surface area contributed by atoms with Crippen molar-refractivity contribution < 1.29 is 9.47 Å². The zero-order valence-corrected chi connectivity index (χ0v) is 13.3. The summed E-state index contributed by atoms with van der Waals surface area (Å²) in [7, 11) is 1.65. The maximum Gasteiger partial charge on any atom is 0.202 e. The van der Waals surface area contributed by atoms with Crippen LogP contribution in [0.3, 0.4) is 0 Å². The van der Waals surface area contributed by atoms with Crippen LogP contribution in [0.5, 0.6) is 0 Å². The molecule has 0 aliphatic carbocycles. The van der Waals surface area contributed by atoms with Crippen LogP contribution < -0.4 is 5.32 Å². The highest BCUT2D eigenvalue weighted by atomic mass is 32.1. The molecule has 0 spiro atoms. The highest BCUT2D eigenvalue weighted by Crippen LogP contribution is 2.13. The maximum atomic E-state index is 5.79. The number of nitrogens with one attached hydrogen (secondary N) is 1. The van der Waals surface area contributed by atoms with Crippen LogP contribution in [0.4, 0.5) is 5.13 Å². The van der Waals surface area contributed by atoms with Gasteiger partial charge in [-0.15, -0.1) is 0 Å². The SMILES string of the molecule is COCc1nsc(NCC2CN(CC(C)C)CCO2)n1. The van der Waals surface area contributed by atoms with Crippen molar-refractivity contribution >= 4 is 16.7 Å². The molecule has 2 rings (SSSR count). The number of hydrogen-bond donors (Lipinski definition) is 1. The van der Waals surface area contributed by atoms with Gasteiger partial charge < -0.3 is 14.8 Å². The van der Waals surface area contributed by atoms with Gasteiger partial charge in [-0.3, -0.25) is 4.90 Å². The van der Waals surface area contributed by atoms with Crippen LogP contribution in [0.1, 0.15) is 19.7 Å². The maximum absolute atomic E-state index is 5.79. The Balaban J connectivity index is 1.75. The zero-order chi connectivity index (χ0) is 14.4. The van der Waals surface area contributed by atoms with Crippen molar-refractivity contribution in [2.45, 2.75) is 26.6 Å². The lowest BCUT2D eigenvalue weighted by Crippen LogP contribution is -2.46. The molecule has 1 aliphatic heterocycles. The Morgan fingerprint density at radius 1 is 1.55 bits per heavy atom. The van der Waals surface area contributed by atoms with E-state index in [0.29, 0.717) is 12.5 Å². The molecule has 2 heterocycles. The number of ether oxygens (including phenoxy) is 2. The van der Waals surface area contributed by atoms with E-state index in [1.54, 1.807) is 7.11 Å². The Labute approximate surface area is 124 Å². The van der Waals surface area contributed by atoms with E-state index in [1.807, 2.05) is 0 Å². The molecule has 6 nitrogen and oxygen atoms in total. The second-order valence-corrected chi connectivity index (χ2v) is 6.23. The number of methoxy groups -OCH3 is 1. The fourth-order valence-corrected chi connectivity index (χ4v) is 2.88. The van der Waals surface area contributed by atoms with Gasteiger partial charge in [0.1, 0.15) is 6.61 Å². The van der Waals surface area contributed by atoms with E-state index in [-0.39, 0.29) is 6.10 Å². The first-order valence-electron chi connectivity index (χ1n) is 7.06. The molecule has 0 amide bonds. The van der Waals surface area contributed by atoms with Gasteiger partial charge in [0.05, 0.1) is 12.7 Å². The van der Waals surface area contributed by atoms with Crippen LogP contribution in [0.2, 0.25) is 0 Å². The van der Waals surface area contributed by atoms with E-state index in [2.05, 4.69) is 33.4 Å². The van der Waals surface area contributed by atoms with Gasteiger partial charge in [0, 0.05) is 44.8 Å². The number of morpholine rings is 1. The summed E-state index contributed by atoms with van der Waals surface area (Å²) in [6.07, 6.45) is 0.220. The van der Waals surface area contributed by atoms with Crippen molar-refractivity contribution in [3.8, 4) is 0 Å². The third-order valence-corrected chi connectivity index (χ3v) is 3.78. The van der Waals surface area contributed by atoms with Crippen LogP contribution in [-0.4, -0.2) is 60.3 Å². The molecule has 1 saturated heterocycles. The van der Waals surface area contributed by atoms with Crippen LogP contribution in [-0.2, 0) is 16.1 Å². The summed E-state index contributed by atoms with van der Waals surface area (Å²) < 4.78 is 15.0.